The quantitative estimate of drug-likeness (QED) is 0.645. The molecule has 1 atom stereocenters. The highest BCUT2D eigenvalue weighted by Gasteiger charge is 2.24. The van der Waals surface area contributed by atoms with Gasteiger partial charge in [-0.3, -0.25) is 0 Å². The van der Waals surface area contributed by atoms with Crippen molar-refractivity contribution in [1.29, 1.82) is 0 Å². The molecule has 1 saturated heterocycles. The topological polar surface area (TPSA) is 43.2 Å². The lowest BCUT2D eigenvalue weighted by Crippen LogP contribution is -2.09. The molecule has 0 radical (unpaired) electrons. The molecule has 2 heterocycles. The number of rotatable bonds is 4. The van der Waals surface area contributed by atoms with Crippen molar-refractivity contribution in [2.45, 2.75) is 39.3 Å². The van der Waals surface area contributed by atoms with E-state index in [2.05, 4.69) is 23.9 Å². The van der Waals surface area contributed by atoms with Crippen molar-refractivity contribution in [1.82, 2.24) is 14.8 Å². The molecule has 0 N–H and O–H groups in total. The van der Waals surface area contributed by atoms with Crippen molar-refractivity contribution in [3.8, 4) is 0 Å². The van der Waals surface area contributed by atoms with Gasteiger partial charge in [0.2, 0.25) is 0 Å². The van der Waals surface area contributed by atoms with Gasteiger partial charge in [0.25, 0.3) is 0 Å². The predicted molar refractivity (Wildman–Crippen MR) is 48.5 cm³/mol. The van der Waals surface area contributed by atoms with Crippen LogP contribution in [0.15, 0.2) is 0 Å². The zero-order chi connectivity index (χ0) is 9.26. The van der Waals surface area contributed by atoms with Crippen LogP contribution in [0, 0.1) is 0 Å². The summed E-state index contributed by atoms with van der Waals surface area (Å²) in [4.78, 5) is 4.42. The first-order valence-corrected chi connectivity index (χ1v) is 4.87. The lowest BCUT2D eigenvalue weighted by atomic mass is 10.4. The van der Waals surface area contributed by atoms with E-state index in [-0.39, 0.29) is 0 Å². The van der Waals surface area contributed by atoms with Gasteiger partial charge in [-0.2, -0.15) is 5.10 Å². The van der Waals surface area contributed by atoms with Gasteiger partial charge in [0.05, 0.1) is 13.2 Å². The second kappa shape index (κ2) is 3.46. The van der Waals surface area contributed by atoms with E-state index >= 15 is 0 Å². The number of aryl methyl sites for hydroxylation is 2. The maximum Gasteiger partial charge on any atom is 0.150 e. The van der Waals surface area contributed by atoms with Gasteiger partial charge >= 0.3 is 0 Å². The van der Waals surface area contributed by atoms with E-state index < -0.39 is 0 Å². The molecule has 13 heavy (non-hydrogen) atoms. The Bertz CT molecular complexity index is 291. The summed E-state index contributed by atoms with van der Waals surface area (Å²) in [5.74, 6) is 2.02. The third-order valence-corrected chi connectivity index (χ3v) is 2.20. The summed E-state index contributed by atoms with van der Waals surface area (Å²) in [6.07, 6.45) is 2.24. The Morgan fingerprint density at radius 2 is 2.23 bits per heavy atom. The molecule has 0 aliphatic carbocycles. The van der Waals surface area contributed by atoms with Crippen LogP contribution in [0.2, 0.25) is 0 Å². The summed E-state index contributed by atoms with van der Waals surface area (Å²) < 4.78 is 7.15. The fraction of sp³-hybridized carbons (Fsp3) is 0.778. The van der Waals surface area contributed by atoms with E-state index in [4.69, 9.17) is 4.74 Å². The van der Waals surface area contributed by atoms with Gasteiger partial charge in [-0.05, 0) is 0 Å². The van der Waals surface area contributed by atoms with Crippen molar-refractivity contribution in [2.75, 3.05) is 6.61 Å². The van der Waals surface area contributed by atoms with Gasteiger partial charge in [0, 0.05) is 12.8 Å². The first kappa shape index (κ1) is 8.69. The molecule has 72 valence electrons. The number of epoxide rings is 1. The SMILES string of the molecule is CCc1nc(CC)n(CC2CO2)n1. The van der Waals surface area contributed by atoms with Crippen molar-refractivity contribution >= 4 is 0 Å². The van der Waals surface area contributed by atoms with E-state index in [9.17, 15) is 0 Å². The third kappa shape index (κ3) is 1.88. The van der Waals surface area contributed by atoms with Crippen molar-refractivity contribution in [3.05, 3.63) is 11.6 Å². The first-order chi connectivity index (χ1) is 6.33. The molecule has 0 spiro atoms. The molecule has 1 unspecified atom stereocenters. The van der Waals surface area contributed by atoms with Crippen LogP contribution in [0.25, 0.3) is 0 Å². The monoisotopic (exact) mass is 181 g/mol. The summed E-state index contributed by atoms with van der Waals surface area (Å²) in [5.41, 5.74) is 0. The Balaban J connectivity index is 2.14. The second-order valence-corrected chi connectivity index (χ2v) is 3.29. The molecule has 1 aromatic rings. The first-order valence-electron chi connectivity index (χ1n) is 4.87. The number of ether oxygens (including phenoxy) is 1. The Kier molecular flexibility index (Phi) is 2.31. The lowest BCUT2D eigenvalue weighted by Gasteiger charge is -1.99. The molecular weight excluding hydrogens is 166 g/mol. The molecule has 4 nitrogen and oxygen atoms in total. The van der Waals surface area contributed by atoms with Crippen LogP contribution in [0.4, 0.5) is 0 Å². The van der Waals surface area contributed by atoms with Crippen LogP contribution in [0.1, 0.15) is 25.5 Å². The largest absolute Gasteiger partial charge is 0.371 e. The smallest absolute Gasteiger partial charge is 0.150 e. The minimum Gasteiger partial charge on any atom is -0.371 e. The normalized spacial score (nSPS) is 20.6. The van der Waals surface area contributed by atoms with Gasteiger partial charge in [-0.15, -0.1) is 0 Å². The third-order valence-electron chi connectivity index (χ3n) is 2.20. The van der Waals surface area contributed by atoms with Crippen LogP contribution < -0.4 is 0 Å². The average Bonchev–Trinajstić information content (AvgIpc) is 2.85. The van der Waals surface area contributed by atoms with Crippen LogP contribution in [-0.4, -0.2) is 27.5 Å². The van der Waals surface area contributed by atoms with Gasteiger partial charge in [-0.1, -0.05) is 13.8 Å². The molecule has 1 aromatic heterocycles. The van der Waals surface area contributed by atoms with Gasteiger partial charge in [-0.25, -0.2) is 9.67 Å². The van der Waals surface area contributed by atoms with Crippen LogP contribution in [0.3, 0.4) is 0 Å². The van der Waals surface area contributed by atoms with Crippen LogP contribution >= 0.6 is 0 Å². The lowest BCUT2D eigenvalue weighted by molar-refractivity contribution is 0.369. The predicted octanol–water partition coefficient (Wildman–Crippen LogP) is 0.802. The maximum absolute atomic E-state index is 5.17. The van der Waals surface area contributed by atoms with E-state index in [0.717, 1.165) is 37.6 Å². The second-order valence-electron chi connectivity index (χ2n) is 3.29. The maximum atomic E-state index is 5.17. The van der Waals surface area contributed by atoms with Crippen molar-refractivity contribution < 1.29 is 4.74 Å². The van der Waals surface area contributed by atoms with E-state index in [1.54, 1.807) is 0 Å². The molecule has 2 rings (SSSR count). The van der Waals surface area contributed by atoms with E-state index in [0.29, 0.717) is 6.10 Å². The zero-order valence-corrected chi connectivity index (χ0v) is 8.16. The highest BCUT2D eigenvalue weighted by molar-refractivity contribution is 4.93. The molecule has 0 saturated carbocycles. The number of hydrogen-bond acceptors (Lipinski definition) is 3. The fourth-order valence-electron chi connectivity index (χ4n) is 1.35. The molecule has 0 aromatic carbocycles. The average molecular weight is 181 g/mol. The zero-order valence-electron chi connectivity index (χ0n) is 8.16. The van der Waals surface area contributed by atoms with Gasteiger partial charge in [0.1, 0.15) is 11.9 Å². The summed E-state index contributed by atoms with van der Waals surface area (Å²) in [6, 6.07) is 0. The number of hydrogen-bond donors (Lipinski definition) is 0. The Morgan fingerprint density at radius 3 is 2.77 bits per heavy atom. The molecule has 0 amide bonds. The summed E-state index contributed by atoms with van der Waals surface area (Å²) >= 11 is 0. The minimum absolute atomic E-state index is 0.386. The molecule has 1 fully saturated rings. The molecule has 1 aliphatic heterocycles. The van der Waals surface area contributed by atoms with E-state index in [1.165, 1.54) is 0 Å². The van der Waals surface area contributed by atoms with Gasteiger partial charge < -0.3 is 4.74 Å². The van der Waals surface area contributed by atoms with Crippen LogP contribution in [0.5, 0.6) is 0 Å². The standard InChI is InChI=1S/C9H15N3O/c1-3-8-10-9(4-2)12(11-8)5-7-6-13-7/h7H,3-6H2,1-2H3. The van der Waals surface area contributed by atoms with E-state index in [1.807, 2.05) is 4.68 Å². The van der Waals surface area contributed by atoms with Crippen LogP contribution in [-0.2, 0) is 24.1 Å². The Hall–Kier alpha value is -0.900. The Labute approximate surface area is 77.9 Å². The molecule has 1 aliphatic rings. The van der Waals surface area contributed by atoms with Crippen molar-refractivity contribution in [2.24, 2.45) is 0 Å². The number of aromatic nitrogens is 3. The molecular formula is C9H15N3O. The molecule has 4 heteroatoms. The van der Waals surface area contributed by atoms with Gasteiger partial charge in [0.15, 0.2) is 5.82 Å². The summed E-state index contributed by atoms with van der Waals surface area (Å²) in [6.45, 7) is 5.93. The number of nitrogens with zero attached hydrogens (tertiary/aromatic N) is 3. The highest BCUT2D eigenvalue weighted by Crippen LogP contribution is 2.12. The Morgan fingerprint density at radius 1 is 1.46 bits per heavy atom. The minimum atomic E-state index is 0.386. The molecule has 0 bridgehead atoms. The fourth-order valence-corrected chi connectivity index (χ4v) is 1.35. The van der Waals surface area contributed by atoms with Crippen molar-refractivity contribution in [3.63, 3.8) is 0 Å². The highest BCUT2D eigenvalue weighted by atomic mass is 16.6. The summed E-state index contributed by atoms with van der Waals surface area (Å²) in [5, 5.41) is 4.41. The summed E-state index contributed by atoms with van der Waals surface area (Å²) in [7, 11) is 0.